The Morgan fingerprint density at radius 1 is 0.808 bits per heavy atom. The summed E-state index contributed by atoms with van der Waals surface area (Å²) < 4.78 is 0. The second-order valence-corrected chi connectivity index (χ2v) is 6.23. The van der Waals surface area contributed by atoms with Gasteiger partial charge >= 0.3 is 0 Å². The molecular formula is C22H19N3O. The molecule has 4 nitrogen and oxygen atoms in total. The number of aryl methyl sites for hydroxylation is 1. The lowest BCUT2D eigenvalue weighted by molar-refractivity contribution is 0.475. The molecule has 0 aliphatic rings. The number of anilines is 2. The van der Waals surface area contributed by atoms with E-state index < -0.39 is 0 Å². The summed E-state index contributed by atoms with van der Waals surface area (Å²) >= 11 is 0. The number of hydrogen-bond acceptors (Lipinski definition) is 3. The first-order valence-electron chi connectivity index (χ1n) is 8.47. The lowest BCUT2D eigenvalue weighted by Gasteiger charge is -2.06. The maximum Gasteiger partial charge on any atom is 0.152 e. The van der Waals surface area contributed by atoms with Crippen molar-refractivity contribution in [3.8, 4) is 28.1 Å². The molecule has 1 aromatic heterocycles. The van der Waals surface area contributed by atoms with Crippen LogP contribution in [0.5, 0.6) is 5.75 Å². The molecule has 26 heavy (non-hydrogen) atoms. The second kappa shape index (κ2) is 6.76. The first kappa shape index (κ1) is 16.0. The van der Waals surface area contributed by atoms with Gasteiger partial charge < -0.3 is 10.4 Å². The van der Waals surface area contributed by atoms with Crippen molar-refractivity contribution in [2.24, 2.45) is 0 Å². The van der Waals surface area contributed by atoms with Gasteiger partial charge in [-0.25, -0.2) is 0 Å². The predicted molar refractivity (Wildman–Crippen MR) is 106 cm³/mol. The summed E-state index contributed by atoms with van der Waals surface area (Å²) in [4.78, 5) is 0. The summed E-state index contributed by atoms with van der Waals surface area (Å²) in [5.41, 5.74) is 6.29. The van der Waals surface area contributed by atoms with Crippen LogP contribution in [-0.4, -0.2) is 15.3 Å². The Morgan fingerprint density at radius 2 is 1.50 bits per heavy atom. The van der Waals surface area contributed by atoms with Crippen LogP contribution >= 0.6 is 0 Å². The average molecular weight is 341 g/mol. The van der Waals surface area contributed by atoms with Gasteiger partial charge in [0.15, 0.2) is 5.82 Å². The zero-order valence-electron chi connectivity index (χ0n) is 14.4. The predicted octanol–water partition coefficient (Wildman–Crippen LogP) is 5.50. The van der Waals surface area contributed by atoms with Crippen molar-refractivity contribution in [2.45, 2.75) is 6.92 Å². The van der Waals surface area contributed by atoms with Gasteiger partial charge in [-0.15, -0.1) is 0 Å². The highest BCUT2D eigenvalue weighted by molar-refractivity contribution is 5.71. The number of hydrogen-bond donors (Lipinski definition) is 3. The highest BCUT2D eigenvalue weighted by Crippen LogP contribution is 2.27. The standard InChI is InChI=1S/C22H19N3O/c1-15-13-19(26)11-12-20(15)23-22-14-21(24-25-22)18-9-7-17(8-10-18)16-5-3-2-4-6-16/h2-14,26H,1H3,(H2,23,24,25). The maximum absolute atomic E-state index is 9.51. The maximum atomic E-state index is 9.51. The van der Waals surface area contributed by atoms with Crippen LogP contribution in [0.4, 0.5) is 11.5 Å². The van der Waals surface area contributed by atoms with E-state index >= 15 is 0 Å². The Labute approximate surface area is 152 Å². The molecule has 0 amide bonds. The van der Waals surface area contributed by atoms with E-state index in [1.54, 1.807) is 12.1 Å². The van der Waals surface area contributed by atoms with Gasteiger partial charge in [0.2, 0.25) is 0 Å². The molecule has 0 saturated carbocycles. The van der Waals surface area contributed by atoms with Gasteiger partial charge in [0, 0.05) is 11.8 Å². The van der Waals surface area contributed by atoms with Gasteiger partial charge in [-0.1, -0.05) is 54.6 Å². The van der Waals surface area contributed by atoms with Crippen LogP contribution in [0.3, 0.4) is 0 Å². The van der Waals surface area contributed by atoms with Crippen LogP contribution < -0.4 is 5.32 Å². The largest absolute Gasteiger partial charge is 0.508 e. The smallest absolute Gasteiger partial charge is 0.152 e. The van der Waals surface area contributed by atoms with E-state index in [1.807, 2.05) is 37.3 Å². The Bertz CT molecular complexity index is 1020. The number of nitrogens with one attached hydrogen (secondary N) is 2. The number of aromatic hydroxyl groups is 1. The minimum Gasteiger partial charge on any atom is -0.508 e. The third-order valence-corrected chi connectivity index (χ3v) is 4.35. The van der Waals surface area contributed by atoms with E-state index in [0.29, 0.717) is 0 Å². The van der Waals surface area contributed by atoms with E-state index in [0.717, 1.165) is 28.3 Å². The average Bonchev–Trinajstić information content (AvgIpc) is 3.14. The highest BCUT2D eigenvalue weighted by Gasteiger charge is 2.06. The minimum atomic E-state index is 0.259. The molecule has 0 saturated heterocycles. The van der Waals surface area contributed by atoms with Crippen LogP contribution in [0.25, 0.3) is 22.4 Å². The molecule has 128 valence electrons. The van der Waals surface area contributed by atoms with Gasteiger partial charge in [-0.3, -0.25) is 5.10 Å². The molecule has 0 spiro atoms. The first-order valence-corrected chi connectivity index (χ1v) is 8.47. The van der Waals surface area contributed by atoms with Crippen LogP contribution in [-0.2, 0) is 0 Å². The lowest BCUT2D eigenvalue weighted by atomic mass is 10.0. The Balaban J connectivity index is 1.54. The number of rotatable bonds is 4. The summed E-state index contributed by atoms with van der Waals surface area (Å²) in [5.74, 6) is 0.996. The summed E-state index contributed by atoms with van der Waals surface area (Å²) in [5, 5.41) is 20.2. The van der Waals surface area contributed by atoms with Gasteiger partial charge in [0.05, 0.1) is 5.69 Å². The van der Waals surface area contributed by atoms with E-state index in [2.05, 4.69) is 51.9 Å². The number of nitrogens with zero attached hydrogens (tertiary/aromatic N) is 1. The Kier molecular flexibility index (Phi) is 4.15. The molecule has 1 heterocycles. The molecular weight excluding hydrogens is 322 g/mol. The number of phenols is 1. The van der Waals surface area contributed by atoms with Crippen molar-refractivity contribution in [3.63, 3.8) is 0 Å². The monoisotopic (exact) mass is 341 g/mol. The van der Waals surface area contributed by atoms with Crippen molar-refractivity contribution in [3.05, 3.63) is 84.4 Å². The quantitative estimate of drug-likeness (QED) is 0.429. The fourth-order valence-electron chi connectivity index (χ4n) is 2.93. The second-order valence-electron chi connectivity index (χ2n) is 6.23. The zero-order valence-corrected chi connectivity index (χ0v) is 14.4. The molecule has 4 aromatic rings. The SMILES string of the molecule is Cc1cc(O)ccc1Nc1cc(-c2ccc(-c3ccccc3)cc2)[nH]n1. The summed E-state index contributed by atoms with van der Waals surface area (Å²) in [6.45, 7) is 1.94. The number of aromatic amines is 1. The molecule has 3 N–H and O–H groups in total. The summed E-state index contributed by atoms with van der Waals surface area (Å²) in [7, 11) is 0. The van der Waals surface area contributed by atoms with Crippen molar-refractivity contribution >= 4 is 11.5 Å². The van der Waals surface area contributed by atoms with E-state index in [-0.39, 0.29) is 5.75 Å². The molecule has 0 radical (unpaired) electrons. The molecule has 0 unspecified atom stereocenters. The molecule has 4 rings (SSSR count). The topological polar surface area (TPSA) is 60.9 Å². The molecule has 0 atom stereocenters. The van der Waals surface area contributed by atoms with Crippen LogP contribution in [0.1, 0.15) is 5.56 Å². The Hall–Kier alpha value is -3.53. The van der Waals surface area contributed by atoms with Crippen LogP contribution in [0.15, 0.2) is 78.9 Å². The summed E-state index contributed by atoms with van der Waals surface area (Å²) in [6.07, 6.45) is 0. The molecule has 3 aromatic carbocycles. The van der Waals surface area contributed by atoms with Crippen molar-refractivity contribution < 1.29 is 5.11 Å². The van der Waals surface area contributed by atoms with Gasteiger partial charge in [-0.2, -0.15) is 5.10 Å². The van der Waals surface area contributed by atoms with E-state index in [4.69, 9.17) is 0 Å². The van der Waals surface area contributed by atoms with E-state index in [9.17, 15) is 5.11 Å². The summed E-state index contributed by atoms with van der Waals surface area (Å²) in [6, 6.07) is 25.9. The lowest BCUT2D eigenvalue weighted by Crippen LogP contribution is -1.92. The number of aromatic nitrogens is 2. The van der Waals surface area contributed by atoms with E-state index in [1.165, 1.54) is 11.1 Å². The minimum absolute atomic E-state index is 0.259. The fraction of sp³-hybridized carbons (Fsp3) is 0.0455. The van der Waals surface area contributed by atoms with Crippen molar-refractivity contribution in [1.82, 2.24) is 10.2 Å². The third-order valence-electron chi connectivity index (χ3n) is 4.35. The molecule has 4 heteroatoms. The number of phenolic OH excluding ortho intramolecular Hbond substituents is 1. The molecule has 0 aliphatic heterocycles. The van der Waals surface area contributed by atoms with Crippen LogP contribution in [0.2, 0.25) is 0 Å². The number of H-pyrrole nitrogens is 1. The first-order chi connectivity index (χ1) is 12.7. The third kappa shape index (κ3) is 3.30. The fourth-order valence-corrected chi connectivity index (χ4v) is 2.93. The normalized spacial score (nSPS) is 10.7. The molecule has 0 fully saturated rings. The van der Waals surface area contributed by atoms with Gasteiger partial charge in [0.25, 0.3) is 0 Å². The molecule has 0 aliphatic carbocycles. The molecule has 0 bridgehead atoms. The van der Waals surface area contributed by atoms with Gasteiger partial charge in [-0.05, 0) is 47.4 Å². The zero-order chi connectivity index (χ0) is 17.9. The highest BCUT2D eigenvalue weighted by atomic mass is 16.3. The van der Waals surface area contributed by atoms with Gasteiger partial charge in [0.1, 0.15) is 5.75 Å². The van der Waals surface area contributed by atoms with Crippen molar-refractivity contribution in [1.29, 1.82) is 0 Å². The Morgan fingerprint density at radius 3 is 2.23 bits per heavy atom. The van der Waals surface area contributed by atoms with Crippen LogP contribution in [0, 0.1) is 6.92 Å². The number of benzene rings is 3. The van der Waals surface area contributed by atoms with Crippen molar-refractivity contribution in [2.75, 3.05) is 5.32 Å².